The number of methoxy groups -OCH3 is 1. The van der Waals surface area contributed by atoms with E-state index in [1.165, 1.54) is 5.56 Å². The van der Waals surface area contributed by atoms with Gasteiger partial charge in [-0.05, 0) is 85.9 Å². The summed E-state index contributed by atoms with van der Waals surface area (Å²) >= 11 is 0. The van der Waals surface area contributed by atoms with Crippen LogP contribution in [0.3, 0.4) is 0 Å². The van der Waals surface area contributed by atoms with Crippen molar-refractivity contribution in [1.82, 2.24) is 5.32 Å². The van der Waals surface area contributed by atoms with Gasteiger partial charge in [0.1, 0.15) is 5.75 Å². The van der Waals surface area contributed by atoms with Crippen molar-refractivity contribution in [1.29, 1.82) is 0 Å². The van der Waals surface area contributed by atoms with Gasteiger partial charge in [-0.25, -0.2) is 0 Å². The Morgan fingerprint density at radius 3 is 1.78 bits per heavy atom. The van der Waals surface area contributed by atoms with Crippen molar-refractivity contribution in [3.05, 3.63) is 89.5 Å². The molecule has 6 nitrogen and oxygen atoms in total. The summed E-state index contributed by atoms with van der Waals surface area (Å²) in [6.45, 7) is 2.07. The molecular weight excluding hydrogens is 402 g/mol. The Hall–Kier alpha value is -3.64. The van der Waals surface area contributed by atoms with E-state index < -0.39 is 0 Å². The highest BCUT2D eigenvalue weighted by molar-refractivity contribution is 6.10. The van der Waals surface area contributed by atoms with Crippen molar-refractivity contribution in [2.45, 2.75) is 18.8 Å². The predicted octanol–water partition coefficient (Wildman–Crippen LogP) is 4.67. The third kappa shape index (κ3) is 5.15. The second-order valence-electron chi connectivity index (χ2n) is 7.83. The molecule has 3 aromatic carbocycles. The van der Waals surface area contributed by atoms with Gasteiger partial charge in [-0.2, -0.15) is 0 Å². The van der Waals surface area contributed by atoms with Crippen LogP contribution in [0, 0.1) is 0 Å². The number of piperidine rings is 1. The number of rotatable bonds is 6. The molecule has 1 heterocycles. The number of amides is 2. The highest BCUT2D eigenvalue weighted by Crippen LogP contribution is 2.26. The first-order chi connectivity index (χ1) is 15.6. The molecule has 1 fully saturated rings. The van der Waals surface area contributed by atoms with E-state index in [4.69, 9.17) is 4.74 Å². The van der Waals surface area contributed by atoms with Crippen molar-refractivity contribution in [3.8, 4) is 5.75 Å². The Morgan fingerprint density at radius 1 is 0.781 bits per heavy atom. The number of carbonyl (C=O) groups is 2. The molecule has 0 spiro atoms. The highest BCUT2D eigenvalue weighted by Gasteiger charge is 2.16. The molecule has 0 unspecified atom stereocenters. The van der Waals surface area contributed by atoms with E-state index in [0.717, 1.165) is 25.9 Å². The van der Waals surface area contributed by atoms with Crippen LogP contribution in [-0.4, -0.2) is 32.0 Å². The van der Waals surface area contributed by atoms with Crippen molar-refractivity contribution < 1.29 is 14.3 Å². The predicted molar refractivity (Wildman–Crippen MR) is 127 cm³/mol. The van der Waals surface area contributed by atoms with E-state index in [1.54, 1.807) is 43.5 Å². The topological polar surface area (TPSA) is 79.5 Å². The number of ether oxygens (including phenoxy) is 1. The quantitative estimate of drug-likeness (QED) is 0.532. The van der Waals surface area contributed by atoms with E-state index in [9.17, 15) is 9.59 Å². The maximum Gasteiger partial charge on any atom is 0.255 e. The van der Waals surface area contributed by atoms with Crippen LogP contribution in [0.2, 0.25) is 0 Å². The molecule has 164 valence electrons. The first-order valence-electron chi connectivity index (χ1n) is 10.8. The molecule has 1 aliphatic rings. The molecule has 0 saturated carbocycles. The van der Waals surface area contributed by atoms with Gasteiger partial charge in [0, 0.05) is 11.1 Å². The van der Waals surface area contributed by atoms with Crippen molar-refractivity contribution in [2.75, 3.05) is 30.8 Å². The Labute approximate surface area is 188 Å². The molecule has 4 rings (SSSR count). The van der Waals surface area contributed by atoms with Crippen LogP contribution in [0.4, 0.5) is 11.4 Å². The molecule has 0 aliphatic carbocycles. The van der Waals surface area contributed by atoms with E-state index >= 15 is 0 Å². The average molecular weight is 430 g/mol. The zero-order valence-corrected chi connectivity index (χ0v) is 18.1. The fourth-order valence-electron chi connectivity index (χ4n) is 3.89. The lowest BCUT2D eigenvalue weighted by Crippen LogP contribution is -2.26. The summed E-state index contributed by atoms with van der Waals surface area (Å²) in [7, 11) is 1.58. The minimum atomic E-state index is -0.263. The zero-order valence-electron chi connectivity index (χ0n) is 18.1. The van der Waals surface area contributed by atoms with E-state index in [0.29, 0.717) is 34.2 Å². The van der Waals surface area contributed by atoms with Crippen LogP contribution in [0.15, 0.2) is 72.8 Å². The van der Waals surface area contributed by atoms with Crippen LogP contribution in [-0.2, 0) is 0 Å². The number of carbonyl (C=O) groups excluding carboxylic acids is 2. The van der Waals surface area contributed by atoms with E-state index in [1.807, 2.05) is 36.4 Å². The van der Waals surface area contributed by atoms with Crippen molar-refractivity contribution in [2.24, 2.45) is 0 Å². The van der Waals surface area contributed by atoms with Gasteiger partial charge in [0.05, 0.1) is 18.5 Å². The summed E-state index contributed by atoms with van der Waals surface area (Å²) in [5.41, 5.74) is 3.43. The lowest BCUT2D eigenvalue weighted by Gasteiger charge is -2.23. The van der Waals surface area contributed by atoms with Crippen LogP contribution < -0.4 is 20.7 Å². The standard InChI is InChI=1S/C26H27N3O3/c1-32-22-12-10-21(11-13-22)26(31)29-24-5-3-2-4-23(24)28-25(30)20-8-6-18(7-9-20)19-14-16-27-17-15-19/h2-13,19,27H,14-17H2,1H3,(H,28,30)(H,29,31). The minimum Gasteiger partial charge on any atom is -0.497 e. The summed E-state index contributed by atoms with van der Waals surface area (Å²) in [6, 6.07) is 21.8. The molecule has 3 aromatic rings. The SMILES string of the molecule is COc1ccc(C(=O)Nc2ccccc2NC(=O)c2ccc(C3CCNCC3)cc2)cc1. The van der Waals surface area contributed by atoms with Gasteiger partial charge in [0.2, 0.25) is 0 Å². The fourth-order valence-corrected chi connectivity index (χ4v) is 3.89. The van der Waals surface area contributed by atoms with Crippen LogP contribution in [0.1, 0.15) is 45.0 Å². The Morgan fingerprint density at radius 2 is 1.28 bits per heavy atom. The Bertz CT molecular complexity index is 1070. The average Bonchev–Trinajstić information content (AvgIpc) is 2.86. The molecule has 32 heavy (non-hydrogen) atoms. The molecule has 1 saturated heterocycles. The summed E-state index contributed by atoms with van der Waals surface area (Å²) in [6.07, 6.45) is 2.24. The lowest BCUT2D eigenvalue weighted by atomic mass is 9.90. The number of para-hydroxylation sites is 2. The summed E-state index contributed by atoms with van der Waals surface area (Å²) < 4.78 is 5.13. The van der Waals surface area contributed by atoms with E-state index in [-0.39, 0.29) is 11.8 Å². The number of hydrogen-bond donors (Lipinski definition) is 3. The van der Waals surface area contributed by atoms with Crippen molar-refractivity contribution >= 4 is 23.2 Å². The third-order valence-electron chi connectivity index (χ3n) is 5.76. The number of benzene rings is 3. The van der Waals surface area contributed by atoms with Gasteiger partial charge in [0.25, 0.3) is 11.8 Å². The second kappa shape index (κ2) is 10.1. The lowest BCUT2D eigenvalue weighted by molar-refractivity contribution is 0.101. The fraction of sp³-hybridized carbons (Fsp3) is 0.231. The normalized spacial score (nSPS) is 13.9. The molecular formula is C26H27N3O3. The van der Waals surface area contributed by atoms with Gasteiger partial charge < -0.3 is 20.7 Å². The number of nitrogens with one attached hydrogen (secondary N) is 3. The minimum absolute atomic E-state index is 0.215. The summed E-state index contributed by atoms with van der Waals surface area (Å²) in [4.78, 5) is 25.5. The third-order valence-corrected chi connectivity index (χ3v) is 5.76. The molecule has 2 amide bonds. The monoisotopic (exact) mass is 429 g/mol. The van der Waals surface area contributed by atoms with Crippen molar-refractivity contribution in [3.63, 3.8) is 0 Å². The molecule has 0 atom stereocenters. The maximum atomic E-state index is 12.8. The van der Waals surface area contributed by atoms with Gasteiger partial charge in [-0.15, -0.1) is 0 Å². The van der Waals surface area contributed by atoms with Gasteiger partial charge in [-0.1, -0.05) is 24.3 Å². The van der Waals surface area contributed by atoms with Crippen LogP contribution in [0.5, 0.6) is 5.75 Å². The molecule has 6 heteroatoms. The summed E-state index contributed by atoms with van der Waals surface area (Å²) in [5, 5.41) is 9.17. The maximum absolute atomic E-state index is 12.8. The Kier molecular flexibility index (Phi) is 6.82. The highest BCUT2D eigenvalue weighted by atomic mass is 16.5. The van der Waals surface area contributed by atoms with Gasteiger partial charge in [-0.3, -0.25) is 9.59 Å². The Balaban J connectivity index is 1.44. The number of hydrogen-bond acceptors (Lipinski definition) is 4. The first kappa shape index (κ1) is 21.6. The van der Waals surface area contributed by atoms with E-state index in [2.05, 4.69) is 16.0 Å². The first-order valence-corrected chi connectivity index (χ1v) is 10.8. The zero-order chi connectivity index (χ0) is 22.3. The summed E-state index contributed by atoms with van der Waals surface area (Å²) in [5.74, 6) is 0.747. The number of anilines is 2. The van der Waals surface area contributed by atoms with Gasteiger partial charge in [0.15, 0.2) is 0 Å². The molecule has 0 radical (unpaired) electrons. The second-order valence-corrected chi connectivity index (χ2v) is 7.83. The van der Waals surface area contributed by atoms with Crippen LogP contribution >= 0.6 is 0 Å². The molecule has 0 bridgehead atoms. The van der Waals surface area contributed by atoms with Gasteiger partial charge >= 0.3 is 0 Å². The molecule has 0 aromatic heterocycles. The smallest absolute Gasteiger partial charge is 0.255 e. The van der Waals surface area contributed by atoms with Crippen LogP contribution in [0.25, 0.3) is 0 Å². The molecule has 1 aliphatic heterocycles. The largest absolute Gasteiger partial charge is 0.497 e. The molecule has 3 N–H and O–H groups in total.